The molecule has 58 heavy (non-hydrogen) atoms. The Labute approximate surface area is 342 Å². The fraction of sp³-hybridized carbons (Fsp3) is 0.0545. The zero-order valence-corrected chi connectivity index (χ0v) is 33.1. The van der Waals surface area contributed by atoms with E-state index in [1.165, 1.54) is 64.7 Å². The molecule has 0 amide bonds. The van der Waals surface area contributed by atoms with Gasteiger partial charge in [-0.1, -0.05) is 159 Å². The van der Waals surface area contributed by atoms with Gasteiger partial charge in [0.25, 0.3) is 0 Å². The second kappa shape index (κ2) is 13.6. The maximum atomic E-state index is 5.30. The summed E-state index contributed by atoms with van der Waals surface area (Å²) in [6, 6.07) is 70.3. The Balaban J connectivity index is 1.13. The van der Waals surface area contributed by atoms with E-state index in [2.05, 4.69) is 184 Å². The van der Waals surface area contributed by atoms with Gasteiger partial charge in [0, 0.05) is 42.3 Å². The van der Waals surface area contributed by atoms with Gasteiger partial charge in [-0.05, 0) is 104 Å². The lowest BCUT2D eigenvalue weighted by Crippen LogP contribution is -2.14. The minimum atomic E-state index is -0.0889. The van der Waals surface area contributed by atoms with E-state index in [1.807, 2.05) is 35.6 Å². The summed E-state index contributed by atoms with van der Waals surface area (Å²) in [4.78, 5) is 10.4. The largest absolute Gasteiger partial charge is 0.228 e. The first-order valence-corrected chi connectivity index (χ1v) is 20.7. The number of benzene rings is 8. The van der Waals surface area contributed by atoms with Gasteiger partial charge in [0.15, 0.2) is 5.82 Å². The van der Waals surface area contributed by atoms with Crippen molar-refractivity contribution >= 4 is 31.5 Å². The van der Waals surface area contributed by atoms with Gasteiger partial charge >= 0.3 is 0 Å². The molecular weight excluding hydrogens is 721 g/mol. The Morgan fingerprint density at radius 2 is 0.914 bits per heavy atom. The van der Waals surface area contributed by atoms with Gasteiger partial charge in [-0.2, -0.15) is 0 Å². The van der Waals surface area contributed by atoms with Gasteiger partial charge in [-0.25, -0.2) is 9.97 Å². The molecule has 0 radical (unpaired) electrons. The fourth-order valence-corrected chi connectivity index (χ4v) is 10.0. The molecule has 2 nitrogen and oxygen atoms in total. The Hall–Kier alpha value is -6.94. The molecule has 0 saturated carbocycles. The first kappa shape index (κ1) is 34.3. The van der Waals surface area contributed by atoms with Crippen molar-refractivity contribution in [3.8, 4) is 78.4 Å². The number of fused-ring (bicyclic) bond motifs is 6. The van der Waals surface area contributed by atoms with Crippen LogP contribution in [0.4, 0.5) is 0 Å². The van der Waals surface area contributed by atoms with E-state index in [9.17, 15) is 0 Å². The average molecular weight is 759 g/mol. The highest BCUT2D eigenvalue weighted by Gasteiger charge is 2.35. The molecule has 2 heterocycles. The third-order valence-corrected chi connectivity index (χ3v) is 13.1. The molecule has 274 valence electrons. The molecule has 0 atom stereocenters. The molecule has 11 rings (SSSR count). The molecular formula is C55H38N2S. The van der Waals surface area contributed by atoms with Crippen LogP contribution in [0, 0.1) is 0 Å². The van der Waals surface area contributed by atoms with Crippen LogP contribution in [0.5, 0.6) is 0 Å². The van der Waals surface area contributed by atoms with Crippen LogP contribution in [0.25, 0.3) is 98.6 Å². The number of aromatic nitrogens is 2. The third kappa shape index (κ3) is 5.78. The summed E-state index contributed by atoms with van der Waals surface area (Å²) in [7, 11) is 0. The van der Waals surface area contributed by atoms with E-state index in [1.54, 1.807) is 0 Å². The van der Waals surface area contributed by atoms with Crippen LogP contribution in [0.1, 0.15) is 25.0 Å². The van der Waals surface area contributed by atoms with E-state index in [0.717, 1.165) is 39.2 Å². The molecule has 0 aliphatic heterocycles. The van der Waals surface area contributed by atoms with Crippen molar-refractivity contribution in [2.24, 2.45) is 0 Å². The van der Waals surface area contributed by atoms with Crippen molar-refractivity contribution in [1.29, 1.82) is 0 Å². The summed E-state index contributed by atoms with van der Waals surface area (Å²) in [6.45, 7) is 4.71. The van der Waals surface area contributed by atoms with Crippen molar-refractivity contribution in [3.63, 3.8) is 0 Å². The van der Waals surface area contributed by atoms with Gasteiger partial charge in [-0.3, -0.25) is 0 Å². The zero-order chi connectivity index (χ0) is 38.8. The zero-order valence-electron chi connectivity index (χ0n) is 32.3. The van der Waals surface area contributed by atoms with Crippen LogP contribution in [0.2, 0.25) is 0 Å². The summed E-state index contributed by atoms with van der Waals surface area (Å²) in [5.74, 6) is 0.706. The third-order valence-electron chi connectivity index (χ3n) is 11.9. The minimum Gasteiger partial charge on any atom is -0.228 e. The van der Waals surface area contributed by atoms with Gasteiger partial charge in [0.2, 0.25) is 0 Å². The van der Waals surface area contributed by atoms with Gasteiger partial charge < -0.3 is 0 Å². The Morgan fingerprint density at radius 3 is 1.71 bits per heavy atom. The monoisotopic (exact) mass is 758 g/mol. The van der Waals surface area contributed by atoms with Crippen LogP contribution < -0.4 is 0 Å². The van der Waals surface area contributed by atoms with E-state index in [0.29, 0.717) is 5.82 Å². The lowest BCUT2D eigenvalue weighted by atomic mass is 9.81. The van der Waals surface area contributed by atoms with Crippen molar-refractivity contribution in [2.45, 2.75) is 19.3 Å². The molecule has 0 saturated heterocycles. The number of hydrogen-bond donors (Lipinski definition) is 0. The molecule has 1 aliphatic rings. The molecule has 2 aromatic heterocycles. The van der Waals surface area contributed by atoms with Crippen molar-refractivity contribution < 1.29 is 0 Å². The molecule has 3 heteroatoms. The van der Waals surface area contributed by atoms with E-state index in [4.69, 9.17) is 9.97 Å². The predicted molar refractivity (Wildman–Crippen MR) is 245 cm³/mol. The van der Waals surface area contributed by atoms with Crippen molar-refractivity contribution in [3.05, 3.63) is 205 Å². The molecule has 0 bridgehead atoms. The Kier molecular flexibility index (Phi) is 8.06. The predicted octanol–water partition coefficient (Wildman–Crippen LogP) is 15.2. The quantitative estimate of drug-likeness (QED) is 0.169. The molecule has 10 aromatic rings. The van der Waals surface area contributed by atoms with Gasteiger partial charge in [0.05, 0.1) is 11.4 Å². The summed E-state index contributed by atoms with van der Waals surface area (Å²) >= 11 is 1.85. The number of nitrogens with zero attached hydrogens (tertiary/aromatic N) is 2. The lowest BCUT2D eigenvalue weighted by Gasteiger charge is -2.22. The molecule has 0 spiro atoms. The highest BCUT2D eigenvalue weighted by atomic mass is 32.1. The number of thiophene rings is 1. The van der Waals surface area contributed by atoms with E-state index >= 15 is 0 Å². The van der Waals surface area contributed by atoms with Gasteiger partial charge in [-0.15, -0.1) is 11.3 Å². The molecule has 1 aliphatic carbocycles. The summed E-state index contributed by atoms with van der Waals surface area (Å²) in [5, 5.41) is 2.58. The number of rotatable bonds is 6. The van der Waals surface area contributed by atoms with Crippen LogP contribution in [-0.2, 0) is 5.41 Å². The summed E-state index contributed by atoms with van der Waals surface area (Å²) < 4.78 is 2.60. The SMILES string of the molecule is CC1(C)c2ccccc2-c2ccc(-c3ccccc3-c3cc(-c4ccc5sc6ccccc6c5c4)cc(-c4cc(-c5ccccc5)nc(-c5ccccc5)n4)c3)cc21. The number of hydrogen-bond acceptors (Lipinski definition) is 3. The van der Waals surface area contributed by atoms with E-state index in [-0.39, 0.29) is 5.41 Å². The van der Waals surface area contributed by atoms with Crippen LogP contribution >= 0.6 is 11.3 Å². The van der Waals surface area contributed by atoms with Crippen molar-refractivity contribution in [1.82, 2.24) is 9.97 Å². The highest BCUT2D eigenvalue weighted by molar-refractivity contribution is 7.25. The van der Waals surface area contributed by atoms with E-state index < -0.39 is 0 Å². The second-order valence-electron chi connectivity index (χ2n) is 15.8. The second-order valence-corrected chi connectivity index (χ2v) is 16.9. The minimum absolute atomic E-state index is 0.0889. The maximum absolute atomic E-state index is 5.30. The normalized spacial score (nSPS) is 12.8. The fourth-order valence-electron chi connectivity index (χ4n) is 8.93. The van der Waals surface area contributed by atoms with Crippen molar-refractivity contribution in [2.75, 3.05) is 0 Å². The highest BCUT2D eigenvalue weighted by Crippen LogP contribution is 2.50. The summed E-state index contributed by atoms with van der Waals surface area (Å²) in [6.07, 6.45) is 0. The smallest absolute Gasteiger partial charge is 0.160 e. The Morgan fingerprint density at radius 1 is 0.345 bits per heavy atom. The topological polar surface area (TPSA) is 25.8 Å². The molecule has 0 unspecified atom stereocenters. The van der Waals surface area contributed by atoms with Crippen LogP contribution in [0.3, 0.4) is 0 Å². The maximum Gasteiger partial charge on any atom is 0.160 e. The molecule has 8 aromatic carbocycles. The molecule has 0 N–H and O–H groups in total. The van der Waals surface area contributed by atoms with Gasteiger partial charge in [0.1, 0.15) is 0 Å². The first-order valence-electron chi connectivity index (χ1n) is 19.9. The summed E-state index contributed by atoms with van der Waals surface area (Å²) in [5.41, 5.74) is 17.3. The first-order chi connectivity index (χ1) is 28.5. The average Bonchev–Trinajstić information content (AvgIpc) is 3.77. The van der Waals surface area contributed by atoms with Crippen LogP contribution in [-0.4, -0.2) is 9.97 Å². The lowest BCUT2D eigenvalue weighted by molar-refractivity contribution is 0.660. The van der Waals surface area contributed by atoms with Crippen LogP contribution in [0.15, 0.2) is 194 Å². The Bertz CT molecular complexity index is 3140. The standard InChI is InChI=1S/C55H38N2S/c1-55(2)48-23-13-11-21-44(48)45-27-25-38(33-49(45)55)42-19-9-10-20-43(42)40-29-39(37-26-28-53-47(32-37)46-22-12-14-24-52(46)58-53)30-41(31-40)51-34-50(35-15-5-3-6-16-35)56-54(57-51)36-17-7-4-8-18-36/h3-34H,1-2H3. The molecule has 0 fully saturated rings.